The predicted molar refractivity (Wildman–Crippen MR) is 60.3 cm³/mol. The van der Waals surface area contributed by atoms with E-state index in [9.17, 15) is 0 Å². The van der Waals surface area contributed by atoms with Crippen LogP contribution in [0.1, 0.15) is 32.8 Å². The Bertz CT molecular complexity index is 361. The second-order valence-corrected chi connectivity index (χ2v) is 4.01. The number of nitrogens with zero attached hydrogens (tertiary/aromatic N) is 1. The molecule has 0 radical (unpaired) electrons. The van der Waals surface area contributed by atoms with E-state index >= 15 is 0 Å². The Balaban J connectivity index is 2.87. The maximum Gasteiger partial charge on any atom is 0.214 e. The number of nitrogen functional groups attached to an aromatic ring is 1. The third-order valence-corrected chi connectivity index (χ3v) is 2.28. The van der Waals surface area contributed by atoms with E-state index in [1.165, 1.54) is 0 Å². The van der Waals surface area contributed by atoms with Gasteiger partial charge >= 0.3 is 0 Å². The van der Waals surface area contributed by atoms with Crippen molar-refractivity contribution in [2.45, 2.75) is 32.8 Å². The van der Waals surface area contributed by atoms with E-state index in [1.54, 1.807) is 18.3 Å². The molecule has 82 valence electrons. The zero-order valence-corrected chi connectivity index (χ0v) is 9.37. The number of rotatable bonds is 4. The average Bonchev–Trinajstić information content (AvgIpc) is 2.17. The zero-order chi connectivity index (χ0) is 11.5. The van der Waals surface area contributed by atoms with Crippen molar-refractivity contribution in [3.63, 3.8) is 0 Å². The molecule has 15 heavy (non-hydrogen) atoms. The molecule has 0 atom stereocenters. The van der Waals surface area contributed by atoms with Gasteiger partial charge in [0.05, 0.1) is 0 Å². The van der Waals surface area contributed by atoms with Crippen LogP contribution in [0.5, 0.6) is 5.88 Å². The first-order valence-corrected chi connectivity index (χ1v) is 4.94. The van der Waals surface area contributed by atoms with Crippen molar-refractivity contribution in [1.82, 2.24) is 4.98 Å². The number of aromatic nitrogens is 1. The number of hydrogen-bond donors (Lipinski definition) is 2. The predicted octanol–water partition coefficient (Wildman–Crippen LogP) is 1.93. The van der Waals surface area contributed by atoms with Gasteiger partial charge in [-0.2, -0.15) is 0 Å². The molecule has 4 nitrogen and oxygen atoms in total. The highest BCUT2D eigenvalue weighted by atomic mass is 16.5. The van der Waals surface area contributed by atoms with Crippen molar-refractivity contribution in [1.29, 1.82) is 5.41 Å². The molecule has 0 aliphatic heterocycles. The van der Waals surface area contributed by atoms with E-state index in [-0.39, 0.29) is 11.4 Å². The Kier molecular flexibility index (Phi) is 3.29. The lowest BCUT2D eigenvalue weighted by molar-refractivity contribution is 0.0990. The molecule has 0 saturated carbocycles. The molecule has 1 aromatic rings. The second kappa shape index (κ2) is 4.29. The van der Waals surface area contributed by atoms with Crippen molar-refractivity contribution in [3.8, 4) is 5.88 Å². The molecule has 4 heteroatoms. The lowest BCUT2D eigenvalue weighted by atomic mass is 10.1. The van der Waals surface area contributed by atoms with E-state index in [0.717, 1.165) is 6.42 Å². The average molecular weight is 207 g/mol. The third kappa shape index (κ3) is 3.23. The molecule has 0 amide bonds. The van der Waals surface area contributed by atoms with E-state index in [4.69, 9.17) is 15.9 Å². The molecular formula is C11H17N3O. The van der Waals surface area contributed by atoms with E-state index in [1.807, 2.05) is 13.8 Å². The van der Waals surface area contributed by atoms with Gasteiger partial charge in [-0.25, -0.2) is 4.98 Å². The number of amidine groups is 1. The van der Waals surface area contributed by atoms with Gasteiger partial charge in [-0.15, -0.1) is 0 Å². The number of nitrogens with two attached hydrogens (primary N) is 1. The maximum atomic E-state index is 7.30. The molecule has 1 rings (SSSR count). The summed E-state index contributed by atoms with van der Waals surface area (Å²) in [7, 11) is 0. The van der Waals surface area contributed by atoms with Crippen LogP contribution in [0.3, 0.4) is 0 Å². The largest absolute Gasteiger partial charge is 0.472 e. The molecule has 1 aromatic heterocycles. The van der Waals surface area contributed by atoms with Crippen molar-refractivity contribution in [2.75, 3.05) is 0 Å². The van der Waals surface area contributed by atoms with Gasteiger partial charge in [0, 0.05) is 17.8 Å². The van der Waals surface area contributed by atoms with Crippen molar-refractivity contribution >= 4 is 5.84 Å². The first-order valence-electron chi connectivity index (χ1n) is 4.94. The smallest absolute Gasteiger partial charge is 0.214 e. The van der Waals surface area contributed by atoms with Gasteiger partial charge in [-0.1, -0.05) is 6.92 Å². The lowest BCUT2D eigenvalue weighted by Gasteiger charge is -2.24. The monoisotopic (exact) mass is 207 g/mol. The minimum atomic E-state index is -0.248. The molecule has 0 aliphatic rings. The summed E-state index contributed by atoms with van der Waals surface area (Å²) in [6.07, 6.45) is 2.48. The summed E-state index contributed by atoms with van der Waals surface area (Å²) in [6.45, 7) is 6.04. The van der Waals surface area contributed by atoms with Gasteiger partial charge in [0.15, 0.2) is 0 Å². The van der Waals surface area contributed by atoms with Gasteiger partial charge in [0.25, 0.3) is 0 Å². The summed E-state index contributed by atoms with van der Waals surface area (Å²) in [5, 5.41) is 7.30. The fraction of sp³-hybridized carbons (Fsp3) is 0.455. The Morgan fingerprint density at radius 1 is 1.60 bits per heavy atom. The first-order chi connectivity index (χ1) is 6.94. The fourth-order valence-corrected chi connectivity index (χ4v) is 0.988. The number of ether oxygens (including phenoxy) is 1. The molecule has 0 spiro atoms. The van der Waals surface area contributed by atoms with Crippen molar-refractivity contribution in [2.24, 2.45) is 5.73 Å². The normalized spacial score (nSPS) is 11.1. The number of hydrogen-bond acceptors (Lipinski definition) is 3. The molecule has 0 aromatic carbocycles. The van der Waals surface area contributed by atoms with Crippen LogP contribution in [0, 0.1) is 5.41 Å². The van der Waals surface area contributed by atoms with Gasteiger partial charge in [0.2, 0.25) is 5.88 Å². The molecule has 0 unspecified atom stereocenters. The maximum absolute atomic E-state index is 7.30. The van der Waals surface area contributed by atoms with Gasteiger partial charge in [-0.3, -0.25) is 5.41 Å². The molecule has 3 N–H and O–H groups in total. The fourth-order valence-electron chi connectivity index (χ4n) is 0.988. The summed E-state index contributed by atoms with van der Waals surface area (Å²) in [4.78, 5) is 4.08. The van der Waals surface area contributed by atoms with E-state index in [0.29, 0.717) is 11.4 Å². The van der Waals surface area contributed by atoms with Crippen LogP contribution in [-0.2, 0) is 0 Å². The first kappa shape index (κ1) is 11.5. The molecular weight excluding hydrogens is 190 g/mol. The highest BCUT2D eigenvalue weighted by Gasteiger charge is 2.17. The Labute approximate surface area is 90.0 Å². The van der Waals surface area contributed by atoms with Crippen LogP contribution < -0.4 is 10.5 Å². The van der Waals surface area contributed by atoms with Crippen LogP contribution >= 0.6 is 0 Å². The molecule has 0 saturated heterocycles. The molecule has 0 bridgehead atoms. The minimum Gasteiger partial charge on any atom is -0.472 e. The van der Waals surface area contributed by atoms with Gasteiger partial charge in [0.1, 0.15) is 11.4 Å². The Morgan fingerprint density at radius 3 is 2.80 bits per heavy atom. The Morgan fingerprint density at radius 2 is 2.27 bits per heavy atom. The standard InChI is InChI=1S/C11H17N3O/c1-4-11(2,3)15-9-7-8(10(12)13)5-6-14-9/h5-7H,4H2,1-3H3,(H3,12,13). The quantitative estimate of drug-likeness (QED) is 0.585. The molecule has 1 heterocycles. The topological polar surface area (TPSA) is 72.0 Å². The SMILES string of the molecule is CCC(C)(C)Oc1cc(C(=N)N)ccn1. The third-order valence-electron chi connectivity index (χ3n) is 2.28. The lowest BCUT2D eigenvalue weighted by Crippen LogP contribution is -2.27. The van der Waals surface area contributed by atoms with E-state index < -0.39 is 0 Å². The minimum absolute atomic E-state index is 0.0246. The van der Waals surface area contributed by atoms with Crippen molar-refractivity contribution < 1.29 is 4.74 Å². The summed E-state index contributed by atoms with van der Waals surface area (Å²) >= 11 is 0. The van der Waals surface area contributed by atoms with Crippen LogP contribution in [-0.4, -0.2) is 16.4 Å². The zero-order valence-electron chi connectivity index (χ0n) is 9.37. The summed E-state index contributed by atoms with van der Waals surface area (Å²) in [5.41, 5.74) is 5.76. The van der Waals surface area contributed by atoms with Crippen LogP contribution in [0.2, 0.25) is 0 Å². The van der Waals surface area contributed by atoms with Crippen molar-refractivity contribution in [3.05, 3.63) is 23.9 Å². The Hall–Kier alpha value is -1.58. The molecule has 0 fully saturated rings. The van der Waals surface area contributed by atoms with E-state index in [2.05, 4.69) is 11.9 Å². The summed E-state index contributed by atoms with van der Waals surface area (Å²) in [6, 6.07) is 3.37. The van der Waals surface area contributed by atoms with Crippen LogP contribution in [0.15, 0.2) is 18.3 Å². The highest BCUT2D eigenvalue weighted by Crippen LogP contribution is 2.19. The summed E-state index contributed by atoms with van der Waals surface area (Å²) in [5.74, 6) is 0.533. The summed E-state index contributed by atoms with van der Waals surface area (Å²) < 4.78 is 5.68. The molecule has 0 aliphatic carbocycles. The van der Waals surface area contributed by atoms with Gasteiger partial charge in [-0.05, 0) is 26.3 Å². The van der Waals surface area contributed by atoms with Crippen LogP contribution in [0.4, 0.5) is 0 Å². The second-order valence-electron chi connectivity index (χ2n) is 4.01. The number of nitrogens with one attached hydrogen (secondary N) is 1. The van der Waals surface area contributed by atoms with Gasteiger partial charge < -0.3 is 10.5 Å². The number of pyridine rings is 1. The highest BCUT2D eigenvalue weighted by molar-refractivity contribution is 5.95. The van der Waals surface area contributed by atoms with Crippen LogP contribution in [0.25, 0.3) is 0 Å².